The van der Waals surface area contributed by atoms with Gasteiger partial charge in [0.2, 0.25) is 0 Å². The number of halogens is 5. The second-order valence-electron chi connectivity index (χ2n) is 5.63. The number of rotatable bonds is 3. The van der Waals surface area contributed by atoms with Gasteiger partial charge in [0, 0.05) is 17.1 Å². The van der Waals surface area contributed by atoms with Crippen LogP contribution in [0.5, 0.6) is 0 Å². The molecule has 0 aliphatic heterocycles. The average molecular weight is 364 g/mol. The van der Waals surface area contributed by atoms with Gasteiger partial charge >= 0.3 is 6.18 Å². The molecule has 0 amide bonds. The molecule has 2 aromatic carbocycles. The van der Waals surface area contributed by atoms with Crippen LogP contribution in [0.4, 0.5) is 27.6 Å². The number of fused-ring (bicyclic) bond motifs is 1. The minimum atomic E-state index is -4.49. The molecule has 0 aliphatic rings. The van der Waals surface area contributed by atoms with Gasteiger partial charge in [-0.05, 0) is 42.8 Å². The highest BCUT2D eigenvalue weighted by molar-refractivity contribution is 6.17. The number of aliphatic imine (C=N–C) groups is 1. The van der Waals surface area contributed by atoms with E-state index in [1.54, 1.807) is 0 Å². The summed E-state index contributed by atoms with van der Waals surface area (Å²) in [5.74, 6) is -2.04. The molecule has 3 aromatic rings. The van der Waals surface area contributed by atoms with Crippen LogP contribution in [-0.4, -0.2) is 10.7 Å². The Morgan fingerprint density at radius 2 is 1.88 bits per heavy atom. The zero-order valence-electron chi connectivity index (χ0n) is 13.6. The summed E-state index contributed by atoms with van der Waals surface area (Å²) in [6.07, 6.45) is -1.73. The smallest absolute Gasteiger partial charge is 0.358 e. The summed E-state index contributed by atoms with van der Waals surface area (Å²) in [6, 6.07) is 6.04. The summed E-state index contributed by atoms with van der Waals surface area (Å²) in [7, 11) is 0. The van der Waals surface area contributed by atoms with E-state index in [-0.39, 0.29) is 22.5 Å². The fourth-order valence-corrected chi connectivity index (χ4v) is 2.75. The Hall–Kier alpha value is -2.96. The first-order valence-corrected chi connectivity index (χ1v) is 7.57. The molecule has 0 radical (unpaired) electrons. The van der Waals surface area contributed by atoms with Crippen molar-refractivity contribution in [3.05, 3.63) is 77.5 Å². The van der Waals surface area contributed by atoms with Gasteiger partial charge in [-0.25, -0.2) is 13.8 Å². The Kier molecular flexibility index (Phi) is 4.39. The van der Waals surface area contributed by atoms with Crippen LogP contribution in [0.2, 0.25) is 0 Å². The van der Waals surface area contributed by atoms with Gasteiger partial charge in [-0.15, -0.1) is 0 Å². The molecule has 7 heteroatoms. The first-order valence-electron chi connectivity index (χ1n) is 7.57. The average Bonchev–Trinajstić information content (AvgIpc) is 3.01. The van der Waals surface area contributed by atoms with Crippen LogP contribution >= 0.6 is 0 Å². The Labute approximate surface area is 145 Å². The van der Waals surface area contributed by atoms with Crippen LogP contribution in [-0.2, 0) is 6.18 Å². The number of aromatic amines is 1. The molecule has 0 aliphatic carbocycles. The van der Waals surface area contributed by atoms with Gasteiger partial charge < -0.3 is 4.98 Å². The Balaban J connectivity index is 2.17. The van der Waals surface area contributed by atoms with E-state index < -0.39 is 23.4 Å². The van der Waals surface area contributed by atoms with Gasteiger partial charge in [-0.3, -0.25) is 0 Å². The number of aromatic nitrogens is 1. The van der Waals surface area contributed by atoms with Crippen molar-refractivity contribution in [3.8, 4) is 0 Å². The van der Waals surface area contributed by atoms with Gasteiger partial charge in [-0.2, -0.15) is 13.2 Å². The molecule has 0 fully saturated rings. The normalized spacial score (nSPS) is 12.6. The minimum Gasteiger partial charge on any atom is -0.358 e. The summed E-state index contributed by atoms with van der Waals surface area (Å²) in [5, 5.41) is 0.354. The Morgan fingerprint density at radius 3 is 2.54 bits per heavy atom. The largest absolute Gasteiger partial charge is 0.416 e. The van der Waals surface area contributed by atoms with Crippen LogP contribution in [0, 0.1) is 18.6 Å². The quantitative estimate of drug-likeness (QED) is 0.431. The number of nitrogens with zero attached hydrogens (tertiary/aromatic N) is 1. The van der Waals surface area contributed by atoms with Crippen molar-refractivity contribution in [1.82, 2.24) is 4.98 Å². The minimum absolute atomic E-state index is 0.0311. The molecule has 26 heavy (non-hydrogen) atoms. The monoisotopic (exact) mass is 364 g/mol. The molecule has 0 unspecified atom stereocenters. The van der Waals surface area contributed by atoms with Gasteiger partial charge in [0.15, 0.2) is 11.6 Å². The lowest BCUT2D eigenvalue weighted by atomic mass is 10.1. The molecule has 0 saturated carbocycles. The highest BCUT2D eigenvalue weighted by Crippen LogP contribution is 2.36. The second kappa shape index (κ2) is 6.40. The van der Waals surface area contributed by atoms with Gasteiger partial charge in [-0.1, -0.05) is 12.6 Å². The first kappa shape index (κ1) is 17.8. The molecule has 0 atom stereocenters. The van der Waals surface area contributed by atoms with Gasteiger partial charge in [0.25, 0.3) is 0 Å². The summed E-state index contributed by atoms with van der Waals surface area (Å²) >= 11 is 0. The van der Waals surface area contributed by atoms with E-state index in [0.717, 1.165) is 12.1 Å². The van der Waals surface area contributed by atoms with Gasteiger partial charge in [0.05, 0.1) is 22.5 Å². The van der Waals surface area contributed by atoms with Crippen molar-refractivity contribution in [2.75, 3.05) is 0 Å². The molecule has 2 nitrogen and oxygen atoms in total. The van der Waals surface area contributed by atoms with E-state index in [1.165, 1.54) is 37.4 Å². The van der Waals surface area contributed by atoms with Crippen molar-refractivity contribution < 1.29 is 22.0 Å². The lowest BCUT2D eigenvalue weighted by Gasteiger charge is -2.12. The number of allylic oxidation sites excluding steroid dienone is 1. The fraction of sp³-hybridized carbons (Fsp3) is 0.105. The molecule has 3 rings (SSSR count). The van der Waals surface area contributed by atoms with E-state index >= 15 is 0 Å². The van der Waals surface area contributed by atoms with E-state index in [1.807, 2.05) is 0 Å². The number of H-pyrrole nitrogens is 1. The number of benzene rings is 2. The highest BCUT2D eigenvalue weighted by Gasteiger charge is 2.32. The van der Waals surface area contributed by atoms with Crippen molar-refractivity contribution in [3.63, 3.8) is 0 Å². The third-order valence-electron chi connectivity index (χ3n) is 4.07. The van der Waals surface area contributed by atoms with E-state index in [9.17, 15) is 22.0 Å². The van der Waals surface area contributed by atoms with E-state index in [2.05, 4.69) is 16.6 Å². The van der Waals surface area contributed by atoms with Crippen LogP contribution < -0.4 is 0 Å². The molecule has 1 heterocycles. The predicted molar refractivity (Wildman–Crippen MR) is 90.8 cm³/mol. The maximum atomic E-state index is 13.9. The summed E-state index contributed by atoms with van der Waals surface area (Å²) in [4.78, 5) is 6.88. The zero-order valence-corrected chi connectivity index (χ0v) is 13.6. The summed E-state index contributed by atoms with van der Waals surface area (Å²) < 4.78 is 66.4. The van der Waals surface area contributed by atoms with Gasteiger partial charge in [0.1, 0.15) is 0 Å². The van der Waals surface area contributed by atoms with E-state index in [0.29, 0.717) is 10.9 Å². The molecule has 0 bridgehead atoms. The molecule has 0 spiro atoms. The maximum Gasteiger partial charge on any atom is 0.416 e. The van der Waals surface area contributed by atoms with Crippen molar-refractivity contribution in [1.29, 1.82) is 0 Å². The van der Waals surface area contributed by atoms with Crippen molar-refractivity contribution in [2.45, 2.75) is 13.1 Å². The lowest BCUT2D eigenvalue weighted by molar-refractivity contribution is -0.138. The molecule has 1 N–H and O–H groups in total. The number of hydrogen-bond donors (Lipinski definition) is 1. The predicted octanol–water partition coefficient (Wildman–Crippen LogP) is 6.08. The zero-order chi connectivity index (χ0) is 19.1. The number of alkyl halides is 3. The Bertz CT molecular complexity index is 1030. The molecule has 134 valence electrons. The van der Waals surface area contributed by atoms with Crippen molar-refractivity contribution in [2.24, 2.45) is 4.99 Å². The highest BCUT2D eigenvalue weighted by atomic mass is 19.4. The molecular formula is C19H13F5N2. The SMILES string of the molecule is C=CC(=Nc1cccc(C(F)(F)F)c1C)c1c[nH]c2c(F)c(F)ccc12. The molecular weight excluding hydrogens is 351 g/mol. The Morgan fingerprint density at radius 1 is 1.15 bits per heavy atom. The lowest BCUT2D eigenvalue weighted by Crippen LogP contribution is -2.07. The first-order chi connectivity index (χ1) is 12.2. The molecule has 1 aromatic heterocycles. The van der Waals surface area contributed by atoms with Crippen LogP contribution in [0.25, 0.3) is 10.9 Å². The third kappa shape index (κ3) is 3.00. The summed E-state index contributed by atoms with van der Waals surface area (Å²) in [5.41, 5.74) is -0.0945. The summed E-state index contributed by atoms with van der Waals surface area (Å²) in [6.45, 7) is 4.95. The van der Waals surface area contributed by atoms with Crippen LogP contribution in [0.15, 0.2) is 54.2 Å². The molecule has 0 saturated heterocycles. The standard InChI is InChI=1S/C19H13F5N2/c1-3-15(12-9-25-18-11(12)7-8-14(20)17(18)21)26-16-6-4-5-13(10(16)2)19(22,23)24/h3-9,25H,1H2,2H3. The number of hydrogen-bond acceptors (Lipinski definition) is 1. The van der Waals surface area contributed by atoms with Crippen LogP contribution in [0.3, 0.4) is 0 Å². The number of nitrogens with one attached hydrogen (secondary N) is 1. The maximum absolute atomic E-state index is 13.9. The van der Waals surface area contributed by atoms with Crippen molar-refractivity contribution >= 4 is 22.3 Å². The topological polar surface area (TPSA) is 28.1 Å². The van der Waals surface area contributed by atoms with E-state index in [4.69, 9.17) is 0 Å². The second-order valence-corrected chi connectivity index (χ2v) is 5.63. The van der Waals surface area contributed by atoms with Crippen LogP contribution in [0.1, 0.15) is 16.7 Å². The fourth-order valence-electron chi connectivity index (χ4n) is 2.75. The third-order valence-corrected chi connectivity index (χ3v) is 4.07.